The zero-order valence-corrected chi connectivity index (χ0v) is 13.8. The second-order valence-electron chi connectivity index (χ2n) is 5.82. The summed E-state index contributed by atoms with van der Waals surface area (Å²) in [5.41, 5.74) is 1.00. The fraction of sp³-hybridized carbons (Fsp3) is 0.588. The van der Waals surface area contributed by atoms with E-state index in [4.69, 9.17) is 9.47 Å². The summed E-state index contributed by atoms with van der Waals surface area (Å²) in [6.45, 7) is 7.97. The van der Waals surface area contributed by atoms with Gasteiger partial charge in [0.2, 0.25) is 0 Å². The van der Waals surface area contributed by atoms with Gasteiger partial charge in [-0.05, 0) is 38.5 Å². The van der Waals surface area contributed by atoms with E-state index in [0.717, 1.165) is 24.4 Å². The minimum atomic E-state index is -0.445. The molecule has 0 aliphatic carbocycles. The molecule has 0 bridgehead atoms. The number of carbonyl (C=O) groups is 1. The van der Waals surface area contributed by atoms with Gasteiger partial charge in [-0.1, -0.05) is 12.1 Å². The Balaban J connectivity index is 1.90. The summed E-state index contributed by atoms with van der Waals surface area (Å²) in [4.78, 5) is 14.5. The molecule has 0 saturated carbocycles. The van der Waals surface area contributed by atoms with Gasteiger partial charge in [-0.2, -0.15) is 0 Å². The molecule has 5 nitrogen and oxygen atoms in total. The van der Waals surface area contributed by atoms with Crippen molar-refractivity contribution in [3.63, 3.8) is 0 Å². The fourth-order valence-electron chi connectivity index (χ4n) is 2.66. The smallest absolute Gasteiger partial charge is 0.251 e. The SMILES string of the molecule is COc1cccc(COC(C)C(=O)N2CCNC(C)C2C)c1. The summed E-state index contributed by atoms with van der Waals surface area (Å²) in [6, 6.07) is 8.20. The lowest BCUT2D eigenvalue weighted by atomic mass is 10.1. The predicted molar refractivity (Wildman–Crippen MR) is 85.9 cm³/mol. The van der Waals surface area contributed by atoms with Crippen LogP contribution < -0.4 is 10.1 Å². The highest BCUT2D eigenvalue weighted by Gasteiger charge is 2.30. The Morgan fingerprint density at radius 1 is 1.45 bits per heavy atom. The highest BCUT2D eigenvalue weighted by Crippen LogP contribution is 2.16. The number of rotatable bonds is 5. The van der Waals surface area contributed by atoms with E-state index >= 15 is 0 Å². The molecule has 1 fully saturated rings. The van der Waals surface area contributed by atoms with Crippen molar-refractivity contribution in [2.75, 3.05) is 20.2 Å². The van der Waals surface area contributed by atoms with Gasteiger partial charge in [0.15, 0.2) is 0 Å². The molecule has 1 heterocycles. The van der Waals surface area contributed by atoms with E-state index in [9.17, 15) is 4.79 Å². The summed E-state index contributed by atoms with van der Waals surface area (Å²) >= 11 is 0. The second kappa shape index (κ2) is 7.61. The maximum absolute atomic E-state index is 12.5. The van der Waals surface area contributed by atoms with E-state index in [1.807, 2.05) is 36.1 Å². The van der Waals surface area contributed by atoms with Gasteiger partial charge in [0.1, 0.15) is 11.9 Å². The van der Waals surface area contributed by atoms with Gasteiger partial charge >= 0.3 is 0 Å². The molecule has 3 atom stereocenters. The monoisotopic (exact) mass is 306 g/mol. The fourth-order valence-corrected chi connectivity index (χ4v) is 2.66. The molecule has 1 amide bonds. The molecule has 1 aromatic rings. The third kappa shape index (κ3) is 3.99. The highest BCUT2D eigenvalue weighted by atomic mass is 16.5. The number of benzene rings is 1. The van der Waals surface area contributed by atoms with Crippen molar-refractivity contribution in [3.05, 3.63) is 29.8 Å². The van der Waals surface area contributed by atoms with Crippen LogP contribution in [-0.2, 0) is 16.1 Å². The molecule has 0 spiro atoms. The van der Waals surface area contributed by atoms with Crippen LogP contribution in [0.25, 0.3) is 0 Å². The standard InChI is InChI=1S/C17H26N2O3/c1-12-13(2)19(9-8-18-12)17(20)14(3)22-11-15-6-5-7-16(10-15)21-4/h5-7,10,12-14,18H,8-9,11H2,1-4H3. The minimum Gasteiger partial charge on any atom is -0.497 e. The molecule has 1 N–H and O–H groups in total. The quantitative estimate of drug-likeness (QED) is 0.901. The van der Waals surface area contributed by atoms with E-state index in [-0.39, 0.29) is 11.9 Å². The Morgan fingerprint density at radius 2 is 2.23 bits per heavy atom. The first-order valence-corrected chi connectivity index (χ1v) is 7.81. The van der Waals surface area contributed by atoms with Crippen LogP contribution in [0, 0.1) is 0 Å². The molecular formula is C17H26N2O3. The molecule has 5 heteroatoms. The lowest BCUT2D eigenvalue weighted by Gasteiger charge is -2.39. The molecule has 22 heavy (non-hydrogen) atoms. The van der Waals surface area contributed by atoms with Crippen LogP contribution >= 0.6 is 0 Å². The average molecular weight is 306 g/mol. The lowest BCUT2D eigenvalue weighted by molar-refractivity contribution is -0.147. The van der Waals surface area contributed by atoms with Crippen molar-refractivity contribution in [2.45, 2.75) is 45.6 Å². The van der Waals surface area contributed by atoms with Crippen molar-refractivity contribution in [3.8, 4) is 5.75 Å². The molecular weight excluding hydrogens is 280 g/mol. The molecule has 2 rings (SSSR count). The predicted octanol–water partition coefficient (Wildman–Crippen LogP) is 1.81. The average Bonchev–Trinajstić information content (AvgIpc) is 2.54. The number of hydrogen-bond acceptors (Lipinski definition) is 4. The normalized spacial score (nSPS) is 23.2. The van der Waals surface area contributed by atoms with Crippen LogP contribution in [0.1, 0.15) is 26.3 Å². The van der Waals surface area contributed by atoms with Crippen molar-refractivity contribution in [1.82, 2.24) is 10.2 Å². The van der Waals surface area contributed by atoms with E-state index in [2.05, 4.69) is 19.2 Å². The number of ether oxygens (including phenoxy) is 2. The maximum atomic E-state index is 12.5. The molecule has 1 aliphatic rings. The summed E-state index contributed by atoms with van der Waals surface area (Å²) in [7, 11) is 1.64. The minimum absolute atomic E-state index is 0.0590. The third-order valence-corrected chi connectivity index (χ3v) is 4.30. The van der Waals surface area contributed by atoms with Crippen LogP contribution in [-0.4, -0.2) is 49.2 Å². The second-order valence-corrected chi connectivity index (χ2v) is 5.82. The largest absolute Gasteiger partial charge is 0.497 e. The number of hydrogen-bond donors (Lipinski definition) is 1. The van der Waals surface area contributed by atoms with E-state index < -0.39 is 6.10 Å². The number of amides is 1. The van der Waals surface area contributed by atoms with Gasteiger partial charge in [-0.3, -0.25) is 4.79 Å². The van der Waals surface area contributed by atoms with Crippen molar-refractivity contribution >= 4 is 5.91 Å². The van der Waals surface area contributed by atoms with Gasteiger partial charge in [-0.15, -0.1) is 0 Å². The summed E-state index contributed by atoms with van der Waals surface area (Å²) in [5.74, 6) is 0.855. The Morgan fingerprint density at radius 3 is 2.95 bits per heavy atom. The highest BCUT2D eigenvalue weighted by molar-refractivity contribution is 5.81. The zero-order valence-electron chi connectivity index (χ0n) is 13.8. The molecule has 3 unspecified atom stereocenters. The molecule has 0 radical (unpaired) electrons. The Kier molecular flexibility index (Phi) is 5.80. The van der Waals surface area contributed by atoms with Crippen molar-refractivity contribution in [2.24, 2.45) is 0 Å². The first kappa shape index (κ1) is 16.8. The van der Waals surface area contributed by atoms with Gasteiger partial charge in [0.05, 0.1) is 13.7 Å². The van der Waals surface area contributed by atoms with Crippen LogP contribution in [0.2, 0.25) is 0 Å². The third-order valence-electron chi connectivity index (χ3n) is 4.30. The van der Waals surface area contributed by atoms with Gasteiger partial charge in [0.25, 0.3) is 5.91 Å². The van der Waals surface area contributed by atoms with Crippen molar-refractivity contribution < 1.29 is 14.3 Å². The molecule has 0 aromatic heterocycles. The Bertz CT molecular complexity index is 506. The number of piperazine rings is 1. The van der Waals surface area contributed by atoms with Gasteiger partial charge < -0.3 is 19.7 Å². The summed E-state index contributed by atoms with van der Waals surface area (Å²) in [5, 5.41) is 3.38. The summed E-state index contributed by atoms with van der Waals surface area (Å²) < 4.78 is 11.0. The van der Waals surface area contributed by atoms with Crippen LogP contribution in [0.5, 0.6) is 5.75 Å². The number of methoxy groups -OCH3 is 1. The van der Waals surface area contributed by atoms with E-state index in [1.54, 1.807) is 7.11 Å². The van der Waals surface area contributed by atoms with Crippen LogP contribution in [0.4, 0.5) is 0 Å². The van der Waals surface area contributed by atoms with Crippen LogP contribution in [0.3, 0.4) is 0 Å². The Labute approximate surface area is 132 Å². The van der Waals surface area contributed by atoms with Crippen LogP contribution in [0.15, 0.2) is 24.3 Å². The maximum Gasteiger partial charge on any atom is 0.251 e. The first-order chi connectivity index (χ1) is 10.5. The lowest BCUT2D eigenvalue weighted by Crippen LogP contribution is -2.59. The number of nitrogens with one attached hydrogen (secondary N) is 1. The Hall–Kier alpha value is -1.59. The van der Waals surface area contributed by atoms with Gasteiger partial charge in [-0.25, -0.2) is 0 Å². The molecule has 122 valence electrons. The number of nitrogens with zero attached hydrogens (tertiary/aromatic N) is 1. The number of carbonyl (C=O) groups excluding carboxylic acids is 1. The zero-order chi connectivity index (χ0) is 16.1. The molecule has 1 saturated heterocycles. The topological polar surface area (TPSA) is 50.8 Å². The van der Waals surface area contributed by atoms with E-state index in [1.165, 1.54) is 0 Å². The molecule has 1 aromatic carbocycles. The first-order valence-electron chi connectivity index (χ1n) is 7.81. The molecule has 1 aliphatic heterocycles. The van der Waals surface area contributed by atoms with Crippen molar-refractivity contribution in [1.29, 1.82) is 0 Å². The summed E-state index contributed by atoms with van der Waals surface area (Å²) in [6.07, 6.45) is -0.445. The van der Waals surface area contributed by atoms with E-state index in [0.29, 0.717) is 12.6 Å². The van der Waals surface area contributed by atoms with Gasteiger partial charge in [0, 0.05) is 25.2 Å².